The van der Waals surface area contributed by atoms with Gasteiger partial charge >= 0.3 is 0 Å². The summed E-state index contributed by atoms with van der Waals surface area (Å²) >= 11 is 0. The fourth-order valence-corrected chi connectivity index (χ4v) is 2.11. The van der Waals surface area contributed by atoms with Crippen LogP contribution in [0.5, 0.6) is 0 Å². The van der Waals surface area contributed by atoms with Gasteiger partial charge in [0, 0.05) is 5.92 Å². The molecule has 1 saturated heterocycles. The van der Waals surface area contributed by atoms with Gasteiger partial charge < -0.3 is 15.2 Å². The number of hydrogen-bond acceptors (Lipinski definition) is 3. The molecule has 19 heavy (non-hydrogen) atoms. The molecule has 0 aromatic heterocycles. The van der Waals surface area contributed by atoms with E-state index in [1.54, 1.807) is 13.8 Å². The summed E-state index contributed by atoms with van der Waals surface area (Å²) in [4.78, 5) is 12.2. The molecule has 1 aliphatic heterocycles. The Labute approximate surface area is 113 Å². The maximum atomic E-state index is 12.2. The van der Waals surface area contributed by atoms with Crippen LogP contribution in [0.4, 0.5) is 0 Å². The Hall–Kier alpha value is -1.39. The number of nitrogens with one attached hydrogen (secondary N) is 1. The number of rotatable bonds is 6. The normalized spacial score (nSPS) is 19.8. The molecular formula is C15H21NO3. The average Bonchev–Trinajstić information content (AvgIpc) is 3.11. The Morgan fingerprint density at radius 1 is 1.47 bits per heavy atom. The smallest absolute Gasteiger partial charge is 0.225 e. The first-order chi connectivity index (χ1) is 8.94. The Bertz CT molecular complexity index is 421. The Kier molecular flexibility index (Phi) is 4.22. The highest BCUT2D eigenvalue weighted by atomic mass is 16.6. The van der Waals surface area contributed by atoms with Crippen molar-refractivity contribution < 1.29 is 14.6 Å². The highest BCUT2D eigenvalue weighted by Crippen LogP contribution is 2.23. The summed E-state index contributed by atoms with van der Waals surface area (Å²) in [5, 5.41) is 12.3. The van der Waals surface area contributed by atoms with Crippen LogP contribution in [0, 0.1) is 5.92 Å². The third-order valence-electron chi connectivity index (χ3n) is 3.07. The lowest BCUT2D eigenvalue weighted by Gasteiger charge is -2.23. The first-order valence-corrected chi connectivity index (χ1v) is 6.64. The summed E-state index contributed by atoms with van der Waals surface area (Å²) in [7, 11) is 0. The zero-order chi connectivity index (χ0) is 13.9. The van der Waals surface area contributed by atoms with E-state index in [0.29, 0.717) is 12.8 Å². The molecule has 2 N–H and O–H groups in total. The third-order valence-corrected chi connectivity index (χ3v) is 3.07. The lowest BCUT2D eigenvalue weighted by atomic mass is 9.93. The number of benzene rings is 1. The topological polar surface area (TPSA) is 61.9 Å². The van der Waals surface area contributed by atoms with Gasteiger partial charge in [-0.15, -0.1) is 0 Å². The number of ether oxygens (including phenoxy) is 1. The van der Waals surface area contributed by atoms with E-state index in [1.165, 1.54) is 0 Å². The first kappa shape index (κ1) is 14.0. The summed E-state index contributed by atoms with van der Waals surface area (Å²) in [6, 6.07) is 9.91. The number of carbonyl (C=O) groups is 1. The number of aliphatic hydroxyl groups is 1. The van der Waals surface area contributed by atoms with Crippen LogP contribution >= 0.6 is 0 Å². The highest BCUT2D eigenvalue weighted by Gasteiger charge is 2.32. The van der Waals surface area contributed by atoms with E-state index >= 15 is 0 Å². The van der Waals surface area contributed by atoms with Gasteiger partial charge in [0.05, 0.1) is 12.7 Å². The molecule has 0 spiro atoms. The molecule has 0 aliphatic carbocycles. The molecule has 1 aromatic rings. The Morgan fingerprint density at radius 3 is 2.63 bits per heavy atom. The van der Waals surface area contributed by atoms with Crippen LogP contribution < -0.4 is 5.32 Å². The molecule has 0 saturated carbocycles. The molecule has 104 valence electrons. The summed E-state index contributed by atoms with van der Waals surface area (Å²) < 4.78 is 5.21. The van der Waals surface area contributed by atoms with Crippen molar-refractivity contribution in [1.82, 2.24) is 5.32 Å². The maximum Gasteiger partial charge on any atom is 0.225 e. The molecule has 2 atom stereocenters. The summed E-state index contributed by atoms with van der Waals surface area (Å²) in [6.07, 6.45) is 1.57. The van der Waals surface area contributed by atoms with Crippen LogP contribution in [0.25, 0.3) is 0 Å². The Balaban J connectivity index is 2.00. The molecule has 1 amide bonds. The zero-order valence-corrected chi connectivity index (χ0v) is 11.4. The van der Waals surface area contributed by atoms with E-state index in [-0.39, 0.29) is 17.9 Å². The molecule has 1 unspecified atom stereocenters. The highest BCUT2D eigenvalue weighted by molar-refractivity contribution is 5.79. The number of amides is 1. The SMILES string of the molecule is CC(C)(O)NC(=O)C(Cc1ccccc1)C[C@H]1CO1. The van der Waals surface area contributed by atoms with E-state index in [9.17, 15) is 9.90 Å². The fourth-order valence-electron chi connectivity index (χ4n) is 2.11. The van der Waals surface area contributed by atoms with E-state index in [1.807, 2.05) is 30.3 Å². The minimum absolute atomic E-state index is 0.119. The number of carbonyl (C=O) groups excluding carboxylic acids is 1. The molecule has 4 nitrogen and oxygen atoms in total. The van der Waals surface area contributed by atoms with E-state index in [2.05, 4.69) is 5.32 Å². The standard InChI is InChI=1S/C15H21NO3/c1-15(2,18)16-14(17)12(9-13-10-19-13)8-11-6-4-3-5-7-11/h3-7,12-13,18H,8-10H2,1-2H3,(H,16,17)/t12?,13-/m0/s1. The monoisotopic (exact) mass is 263 g/mol. The van der Waals surface area contributed by atoms with Crippen molar-refractivity contribution in [2.24, 2.45) is 5.92 Å². The van der Waals surface area contributed by atoms with Crippen LogP contribution in [-0.4, -0.2) is 29.4 Å². The van der Waals surface area contributed by atoms with Gasteiger partial charge in [0.15, 0.2) is 0 Å². The predicted molar refractivity (Wildman–Crippen MR) is 72.4 cm³/mol. The van der Waals surface area contributed by atoms with Crippen molar-refractivity contribution >= 4 is 5.91 Å². The summed E-state index contributed by atoms with van der Waals surface area (Å²) in [5.74, 6) is -0.284. The van der Waals surface area contributed by atoms with Crippen molar-refractivity contribution in [1.29, 1.82) is 0 Å². The van der Waals surface area contributed by atoms with Gasteiger partial charge in [0.2, 0.25) is 5.91 Å². The molecular weight excluding hydrogens is 242 g/mol. The van der Waals surface area contributed by atoms with Crippen molar-refractivity contribution in [2.75, 3.05) is 6.61 Å². The molecule has 1 aliphatic rings. The minimum Gasteiger partial charge on any atom is -0.373 e. The minimum atomic E-state index is -1.18. The van der Waals surface area contributed by atoms with Gasteiger partial charge in [-0.05, 0) is 32.3 Å². The Morgan fingerprint density at radius 2 is 2.11 bits per heavy atom. The van der Waals surface area contributed by atoms with Gasteiger partial charge in [-0.25, -0.2) is 0 Å². The molecule has 0 bridgehead atoms. The van der Waals surface area contributed by atoms with Crippen molar-refractivity contribution in [3.05, 3.63) is 35.9 Å². The third kappa shape index (κ3) is 5.01. The second kappa shape index (κ2) is 5.72. The lowest BCUT2D eigenvalue weighted by Crippen LogP contribution is -2.46. The molecule has 1 aromatic carbocycles. The fraction of sp³-hybridized carbons (Fsp3) is 0.533. The van der Waals surface area contributed by atoms with Gasteiger partial charge in [-0.3, -0.25) is 4.79 Å². The second-order valence-electron chi connectivity index (χ2n) is 5.63. The average molecular weight is 263 g/mol. The van der Waals surface area contributed by atoms with Crippen LogP contribution in [0.3, 0.4) is 0 Å². The molecule has 2 rings (SSSR count). The molecule has 1 heterocycles. The van der Waals surface area contributed by atoms with E-state index in [0.717, 1.165) is 12.2 Å². The predicted octanol–water partition coefficient (Wildman–Crippen LogP) is 1.48. The molecule has 0 radical (unpaired) electrons. The van der Waals surface area contributed by atoms with Crippen molar-refractivity contribution in [3.63, 3.8) is 0 Å². The van der Waals surface area contributed by atoms with Gasteiger partial charge in [-0.1, -0.05) is 30.3 Å². The van der Waals surface area contributed by atoms with Gasteiger partial charge in [-0.2, -0.15) is 0 Å². The van der Waals surface area contributed by atoms with Crippen LogP contribution in [-0.2, 0) is 16.0 Å². The lowest BCUT2D eigenvalue weighted by molar-refractivity contribution is -0.131. The van der Waals surface area contributed by atoms with Gasteiger partial charge in [0.25, 0.3) is 0 Å². The van der Waals surface area contributed by atoms with Crippen LogP contribution in [0.2, 0.25) is 0 Å². The summed E-state index contributed by atoms with van der Waals surface area (Å²) in [5.41, 5.74) is -0.0600. The van der Waals surface area contributed by atoms with E-state index < -0.39 is 5.72 Å². The van der Waals surface area contributed by atoms with Gasteiger partial charge in [0.1, 0.15) is 5.72 Å². The van der Waals surface area contributed by atoms with Crippen molar-refractivity contribution in [2.45, 2.75) is 38.5 Å². The maximum absolute atomic E-state index is 12.2. The number of epoxide rings is 1. The quantitative estimate of drug-likeness (QED) is 0.603. The summed E-state index contributed by atoms with van der Waals surface area (Å²) in [6.45, 7) is 3.87. The van der Waals surface area contributed by atoms with E-state index in [4.69, 9.17) is 4.74 Å². The second-order valence-corrected chi connectivity index (χ2v) is 5.63. The molecule has 1 fully saturated rings. The van der Waals surface area contributed by atoms with Crippen LogP contribution in [0.15, 0.2) is 30.3 Å². The van der Waals surface area contributed by atoms with Crippen LogP contribution in [0.1, 0.15) is 25.8 Å². The first-order valence-electron chi connectivity index (χ1n) is 6.64. The largest absolute Gasteiger partial charge is 0.373 e. The van der Waals surface area contributed by atoms with Crippen molar-refractivity contribution in [3.8, 4) is 0 Å². The zero-order valence-electron chi connectivity index (χ0n) is 11.4. The molecule has 4 heteroatoms. The number of hydrogen-bond donors (Lipinski definition) is 2.